The molecule has 25 heavy (non-hydrogen) atoms. The maximum atomic E-state index is 12.8. The lowest BCUT2D eigenvalue weighted by Crippen LogP contribution is -2.36. The van der Waals surface area contributed by atoms with Crippen molar-refractivity contribution in [3.63, 3.8) is 0 Å². The van der Waals surface area contributed by atoms with E-state index in [4.69, 9.17) is 0 Å². The van der Waals surface area contributed by atoms with Crippen LogP contribution in [0.4, 0.5) is 4.39 Å². The highest BCUT2D eigenvalue weighted by Gasteiger charge is 2.10. The van der Waals surface area contributed by atoms with E-state index in [-0.39, 0.29) is 18.3 Å². The van der Waals surface area contributed by atoms with Gasteiger partial charge in [-0.3, -0.25) is 10.2 Å². The molecule has 0 aromatic heterocycles. The zero-order valence-electron chi connectivity index (χ0n) is 13.6. The second kappa shape index (κ2) is 8.89. The van der Waals surface area contributed by atoms with Gasteiger partial charge in [-0.15, -0.1) is 0 Å². The molecule has 2 rings (SSSR count). The number of nitrogens with one attached hydrogen (secondary N) is 2. The molecule has 0 atom stereocenters. The first-order valence-corrected chi connectivity index (χ1v) is 7.96. The third-order valence-electron chi connectivity index (χ3n) is 3.75. The normalized spacial score (nSPS) is 10.6. The van der Waals surface area contributed by atoms with Crippen molar-refractivity contribution in [1.29, 1.82) is 0 Å². The van der Waals surface area contributed by atoms with Gasteiger partial charge in [0.15, 0.2) is 11.5 Å². The molecule has 2 aromatic rings. The number of phenols is 3. The molecule has 0 aliphatic heterocycles. The lowest BCUT2D eigenvalue weighted by atomic mass is 10.1. The number of benzene rings is 2. The van der Waals surface area contributed by atoms with E-state index in [2.05, 4.69) is 10.9 Å². The molecule has 0 spiro atoms. The SMILES string of the molecule is O=C(CCCCc1ccc(F)cc1)NNCc1ccc(O)c(O)c1O. The molecular formula is C18H21FN2O4. The molecule has 5 N–H and O–H groups in total. The van der Waals surface area contributed by atoms with Gasteiger partial charge < -0.3 is 15.3 Å². The summed E-state index contributed by atoms with van der Waals surface area (Å²) in [4.78, 5) is 11.7. The first-order chi connectivity index (χ1) is 12.0. The Balaban J connectivity index is 1.64. The van der Waals surface area contributed by atoms with Gasteiger partial charge in [0.25, 0.3) is 0 Å². The van der Waals surface area contributed by atoms with Gasteiger partial charge in [-0.2, -0.15) is 0 Å². The van der Waals surface area contributed by atoms with E-state index in [9.17, 15) is 24.5 Å². The maximum absolute atomic E-state index is 12.8. The van der Waals surface area contributed by atoms with Gasteiger partial charge in [-0.1, -0.05) is 18.2 Å². The average Bonchev–Trinajstić information content (AvgIpc) is 2.60. The Labute approximate surface area is 144 Å². The van der Waals surface area contributed by atoms with Crippen LogP contribution in [0, 0.1) is 5.82 Å². The van der Waals surface area contributed by atoms with Gasteiger partial charge in [0.2, 0.25) is 11.7 Å². The number of halogens is 1. The Hall–Kier alpha value is -2.80. The number of aryl methyl sites for hydroxylation is 1. The van der Waals surface area contributed by atoms with E-state index in [1.165, 1.54) is 24.3 Å². The van der Waals surface area contributed by atoms with Crippen molar-refractivity contribution in [2.75, 3.05) is 0 Å². The Morgan fingerprint density at radius 1 is 0.960 bits per heavy atom. The van der Waals surface area contributed by atoms with Crippen molar-refractivity contribution in [2.24, 2.45) is 0 Å². The van der Waals surface area contributed by atoms with Crippen molar-refractivity contribution in [3.05, 3.63) is 53.3 Å². The predicted octanol–water partition coefficient (Wildman–Crippen LogP) is 2.48. The van der Waals surface area contributed by atoms with Crippen molar-refractivity contribution >= 4 is 5.91 Å². The summed E-state index contributed by atoms with van der Waals surface area (Å²) in [6.45, 7) is 0.0982. The third-order valence-corrected chi connectivity index (χ3v) is 3.75. The van der Waals surface area contributed by atoms with Crippen LogP contribution in [0.3, 0.4) is 0 Å². The molecule has 7 heteroatoms. The van der Waals surface area contributed by atoms with Crippen LogP contribution in [0.15, 0.2) is 36.4 Å². The number of aromatic hydroxyl groups is 3. The highest BCUT2D eigenvalue weighted by Crippen LogP contribution is 2.36. The molecule has 0 saturated heterocycles. The number of hydrogen-bond donors (Lipinski definition) is 5. The first-order valence-electron chi connectivity index (χ1n) is 7.96. The fourth-order valence-corrected chi connectivity index (χ4v) is 2.32. The minimum Gasteiger partial charge on any atom is -0.504 e. The van der Waals surface area contributed by atoms with Crippen molar-refractivity contribution in [3.8, 4) is 17.2 Å². The van der Waals surface area contributed by atoms with Crippen LogP contribution in [-0.2, 0) is 17.8 Å². The van der Waals surface area contributed by atoms with E-state index in [1.807, 2.05) is 0 Å². The molecule has 6 nitrogen and oxygen atoms in total. The summed E-state index contributed by atoms with van der Waals surface area (Å²) in [5.74, 6) is -1.89. The smallest absolute Gasteiger partial charge is 0.234 e. The number of unbranched alkanes of at least 4 members (excludes halogenated alkanes) is 1. The summed E-state index contributed by atoms with van der Waals surface area (Å²) >= 11 is 0. The van der Waals surface area contributed by atoms with Crippen LogP contribution in [0.25, 0.3) is 0 Å². The van der Waals surface area contributed by atoms with Gasteiger partial charge in [0, 0.05) is 18.5 Å². The zero-order chi connectivity index (χ0) is 18.2. The van der Waals surface area contributed by atoms with Crippen LogP contribution in [0.2, 0.25) is 0 Å². The summed E-state index contributed by atoms with van der Waals surface area (Å²) in [5, 5.41) is 28.3. The lowest BCUT2D eigenvalue weighted by molar-refractivity contribution is -0.122. The van der Waals surface area contributed by atoms with Crippen LogP contribution >= 0.6 is 0 Å². The standard InChI is InChI=1S/C18H21FN2O4/c19-14-8-5-12(6-9-14)3-1-2-4-16(23)21-20-11-13-7-10-15(22)18(25)17(13)24/h5-10,20,22,24-25H,1-4,11H2,(H,21,23). The van der Waals surface area contributed by atoms with Crippen molar-refractivity contribution in [1.82, 2.24) is 10.9 Å². The van der Waals surface area contributed by atoms with Crippen LogP contribution in [0.1, 0.15) is 30.4 Å². The number of carbonyl (C=O) groups excluding carboxylic acids is 1. The maximum Gasteiger partial charge on any atom is 0.234 e. The molecule has 1 amide bonds. The minimum atomic E-state index is -0.591. The summed E-state index contributed by atoms with van der Waals surface area (Å²) in [6.07, 6.45) is 2.62. The van der Waals surface area contributed by atoms with Gasteiger partial charge in [0.05, 0.1) is 0 Å². The largest absolute Gasteiger partial charge is 0.504 e. The summed E-state index contributed by atoms with van der Waals surface area (Å²) < 4.78 is 12.8. The van der Waals surface area contributed by atoms with E-state index in [0.29, 0.717) is 18.4 Å². The molecule has 0 aliphatic rings. The molecule has 0 aliphatic carbocycles. The van der Waals surface area contributed by atoms with Crippen molar-refractivity contribution in [2.45, 2.75) is 32.2 Å². The fourth-order valence-electron chi connectivity index (χ4n) is 2.32. The molecule has 134 valence electrons. The van der Waals surface area contributed by atoms with E-state index in [1.54, 1.807) is 12.1 Å². The Kier molecular flexibility index (Phi) is 6.59. The second-order valence-electron chi connectivity index (χ2n) is 5.68. The van der Waals surface area contributed by atoms with Gasteiger partial charge in [0.1, 0.15) is 5.82 Å². The molecule has 0 radical (unpaired) electrons. The zero-order valence-corrected chi connectivity index (χ0v) is 13.6. The van der Waals surface area contributed by atoms with Gasteiger partial charge in [-0.25, -0.2) is 9.82 Å². The molecule has 0 fully saturated rings. The van der Waals surface area contributed by atoms with Crippen molar-refractivity contribution < 1.29 is 24.5 Å². The second-order valence-corrected chi connectivity index (χ2v) is 5.68. The number of phenolic OH excluding ortho intramolecular Hbond substituents is 3. The topological polar surface area (TPSA) is 102 Å². The quantitative estimate of drug-likeness (QED) is 0.287. The van der Waals surface area contributed by atoms with Crippen LogP contribution in [-0.4, -0.2) is 21.2 Å². The number of amides is 1. The predicted molar refractivity (Wildman–Crippen MR) is 90.4 cm³/mol. The van der Waals surface area contributed by atoms with E-state index in [0.717, 1.165) is 18.4 Å². The highest BCUT2D eigenvalue weighted by molar-refractivity contribution is 5.75. The van der Waals surface area contributed by atoms with Crippen LogP contribution in [0.5, 0.6) is 17.2 Å². The fraction of sp³-hybridized carbons (Fsp3) is 0.278. The van der Waals surface area contributed by atoms with Gasteiger partial charge in [-0.05, 0) is 43.0 Å². The molecule has 0 saturated carbocycles. The summed E-state index contributed by atoms with van der Waals surface area (Å²) in [6, 6.07) is 8.99. The van der Waals surface area contributed by atoms with E-state index < -0.39 is 17.2 Å². The molecule has 0 heterocycles. The van der Waals surface area contributed by atoms with Gasteiger partial charge >= 0.3 is 0 Å². The third kappa shape index (κ3) is 5.65. The first kappa shape index (κ1) is 18.5. The summed E-state index contributed by atoms with van der Waals surface area (Å²) in [7, 11) is 0. The number of rotatable bonds is 8. The minimum absolute atomic E-state index is 0.0982. The lowest BCUT2D eigenvalue weighted by Gasteiger charge is -2.10. The van der Waals surface area contributed by atoms with Crippen LogP contribution < -0.4 is 10.9 Å². The van der Waals surface area contributed by atoms with E-state index >= 15 is 0 Å². The number of hydrazine groups is 1. The Morgan fingerprint density at radius 2 is 1.68 bits per heavy atom. The number of carbonyl (C=O) groups is 1. The average molecular weight is 348 g/mol. The monoisotopic (exact) mass is 348 g/mol. The molecule has 0 bridgehead atoms. The number of hydrogen-bond acceptors (Lipinski definition) is 5. The Morgan fingerprint density at radius 3 is 2.40 bits per heavy atom. The molecule has 0 unspecified atom stereocenters. The summed E-state index contributed by atoms with van der Waals surface area (Å²) in [5.41, 5.74) is 6.53. The molecule has 2 aromatic carbocycles. The molecular weight excluding hydrogens is 327 g/mol. The highest BCUT2D eigenvalue weighted by atomic mass is 19.1. The Bertz CT molecular complexity index is 720.